The first kappa shape index (κ1) is 14.6. The Labute approximate surface area is 105 Å². The van der Waals surface area contributed by atoms with E-state index in [-0.39, 0.29) is 6.61 Å². The van der Waals surface area contributed by atoms with E-state index in [1.807, 2.05) is 0 Å². The van der Waals surface area contributed by atoms with Gasteiger partial charge in [0.15, 0.2) is 0 Å². The van der Waals surface area contributed by atoms with Crippen molar-refractivity contribution in [2.45, 2.75) is 58.2 Å². The first-order chi connectivity index (χ1) is 8.19. The number of hydrogen-bond acceptors (Lipinski definition) is 5. The van der Waals surface area contributed by atoms with E-state index in [1.54, 1.807) is 6.92 Å². The van der Waals surface area contributed by atoms with Crippen molar-refractivity contribution in [3.63, 3.8) is 0 Å². The van der Waals surface area contributed by atoms with Gasteiger partial charge in [0, 0.05) is 0 Å². The summed E-state index contributed by atoms with van der Waals surface area (Å²) in [6, 6.07) is 0. The number of carbonyl (C=O) groups excluding carboxylic acids is 1. The van der Waals surface area contributed by atoms with Gasteiger partial charge in [-0.1, -0.05) is 32.6 Å². The second-order valence-electron chi connectivity index (χ2n) is 3.96. The van der Waals surface area contributed by atoms with Crippen molar-refractivity contribution < 1.29 is 22.1 Å². The van der Waals surface area contributed by atoms with E-state index in [1.165, 1.54) is 0 Å². The minimum Gasteiger partial charge on any atom is -0.464 e. The van der Waals surface area contributed by atoms with E-state index < -0.39 is 29.5 Å². The highest BCUT2D eigenvalue weighted by molar-refractivity contribution is 7.75. The SMILES string of the molecule is CCCCCC[C@H]1OS(=O)O[C@H]1C(=O)OCC. The molecule has 0 aromatic heterocycles. The number of esters is 1. The first-order valence-electron chi connectivity index (χ1n) is 6.11. The molecule has 0 aromatic rings. The van der Waals surface area contributed by atoms with Gasteiger partial charge in [0.25, 0.3) is 0 Å². The zero-order chi connectivity index (χ0) is 12.7. The van der Waals surface area contributed by atoms with Crippen molar-refractivity contribution in [3.8, 4) is 0 Å². The molecule has 1 saturated heterocycles. The molecule has 0 radical (unpaired) electrons. The van der Waals surface area contributed by atoms with Gasteiger partial charge in [-0.2, -0.15) is 4.21 Å². The summed E-state index contributed by atoms with van der Waals surface area (Å²) in [6.07, 6.45) is 3.72. The molecule has 1 fully saturated rings. The first-order valence-corrected chi connectivity index (χ1v) is 7.11. The predicted molar refractivity (Wildman–Crippen MR) is 63.3 cm³/mol. The van der Waals surface area contributed by atoms with Crippen LogP contribution in [-0.4, -0.2) is 29.0 Å². The molecule has 6 heteroatoms. The topological polar surface area (TPSA) is 61.8 Å². The van der Waals surface area contributed by atoms with E-state index in [0.29, 0.717) is 6.42 Å². The third-order valence-electron chi connectivity index (χ3n) is 2.58. The Morgan fingerprint density at radius 2 is 2.00 bits per heavy atom. The van der Waals surface area contributed by atoms with E-state index in [0.717, 1.165) is 25.7 Å². The maximum atomic E-state index is 11.5. The summed E-state index contributed by atoms with van der Waals surface area (Å²) in [5, 5.41) is 0. The lowest BCUT2D eigenvalue weighted by atomic mass is 10.1. The fourth-order valence-corrected chi connectivity index (χ4v) is 2.52. The molecule has 0 aliphatic carbocycles. The van der Waals surface area contributed by atoms with Gasteiger partial charge in [0.1, 0.15) is 6.10 Å². The lowest BCUT2D eigenvalue weighted by molar-refractivity contribution is -0.152. The van der Waals surface area contributed by atoms with Gasteiger partial charge in [-0.05, 0) is 13.3 Å². The lowest BCUT2D eigenvalue weighted by Crippen LogP contribution is -2.33. The number of rotatable bonds is 7. The monoisotopic (exact) mass is 264 g/mol. The molecule has 0 spiro atoms. The molecule has 0 N–H and O–H groups in total. The van der Waals surface area contributed by atoms with E-state index >= 15 is 0 Å². The van der Waals surface area contributed by atoms with E-state index in [4.69, 9.17) is 13.1 Å². The van der Waals surface area contributed by atoms with E-state index in [9.17, 15) is 9.00 Å². The molecule has 0 amide bonds. The Hall–Kier alpha value is -0.460. The van der Waals surface area contributed by atoms with Crippen molar-refractivity contribution in [2.75, 3.05) is 6.61 Å². The van der Waals surface area contributed by atoms with Crippen molar-refractivity contribution in [1.29, 1.82) is 0 Å². The van der Waals surface area contributed by atoms with Crippen LogP contribution in [0.25, 0.3) is 0 Å². The minimum atomic E-state index is -1.82. The quantitative estimate of drug-likeness (QED) is 0.519. The van der Waals surface area contributed by atoms with Gasteiger partial charge >= 0.3 is 17.3 Å². The molecule has 1 heterocycles. The van der Waals surface area contributed by atoms with Crippen molar-refractivity contribution in [1.82, 2.24) is 0 Å². The summed E-state index contributed by atoms with van der Waals surface area (Å²) in [5.74, 6) is -0.487. The van der Waals surface area contributed by atoms with Gasteiger partial charge < -0.3 is 4.74 Å². The highest BCUT2D eigenvalue weighted by Crippen LogP contribution is 2.23. The fraction of sp³-hybridized carbons (Fsp3) is 0.909. The van der Waals surface area contributed by atoms with Crippen LogP contribution < -0.4 is 0 Å². The normalized spacial score (nSPS) is 28.2. The molecule has 1 aliphatic heterocycles. The van der Waals surface area contributed by atoms with Gasteiger partial charge in [0.05, 0.1) is 6.61 Å². The summed E-state index contributed by atoms with van der Waals surface area (Å²) < 4.78 is 26.0. The summed E-state index contributed by atoms with van der Waals surface area (Å²) in [7, 11) is 0. The predicted octanol–water partition coefficient (Wildman–Crippen LogP) is 1.88. The number of carbonyl (C=O) groups is 1. The molecule has 100 valence electrons. The second-order valence-corrected chi connectivity index (χ2v) is 4.75. The molecular weight excluding hydrogens is 244 g/mol. The van der Waals surface area contributed by atoms with Crippen molar-refractivity contribution >= 4 is 17.3 Å². The Kier molecular flexibility index (Phi) is 6.69. The lowest BCUT2D eigenvalue weighted by Gasteiger charge is -2.13. The minimum absolute atomic E-state index is 0.286. The van der Waals surface area contributed by atoms with Gasteiger partial charge in [-0.25, -0.2) is 4.79 Å². The van der Waals surface area contributed by atoms with Crippen LogP contribution in [0.5, 0.6) is 0 Å². The molecule has 1 rings (SSSR count). The smallest absolute Gasteiger partial charge is 0.339 e. The van der Waals surface area contributed by atoms with Crippen molar-refractivity contribution in [2.24, 2.45) is 0 Å². The van der Waals surface area contributed by atoms with Gasteiger partial charge in [-0.15, -0.1) is 0 Å². The largest absolute Gasteiger partial charge is 0.464 e. The van der Waals surface area contributed by atoms with E-state index in [2.05, 4.69) is 6.92 Å². The van der Waals surface area contributed by atoms with Gasteiger partial charge in [0.2, 0.25) is 6.10 Å². The average Bonchev–Trinajstić information content (AvgIpc) is 2.66. The highest BCUT2D eigenvalue weighted by Gasteiger charge is 2.41. The third kappa shape index (κ3) is 4.73. The molecule has 0 saturated carbocycles. The van der Waals surface area contributed by atoms with Crippen LogP contribution >= 0.6 is 0 Å². The molecule has 1 unspecified atom stereocenters. The standard InChI is InChI=1S/C11H20O5S/c1-3-5-6-7-8-9-10(11(12)14-4-2)16-17(13)15-9/h9-10H,3-8H2,1-2H3/t9-,10-,17?/m1/s1. The highest BCUT2D eigenvalue weighted by atomic mass is 32.2. The molecule has 1 aliphatic rings. The van der Waals surface area contributed by atoms with Crippen LogP contribution in [0.1, 0.15) is 46.0 Å². The Bertz CT molecular complexity index is 269. The molecule has 3 atom stereocenters. The van der Waals surface area contributed by atoms with Crippen LogP contribution in [0, 0.1) is 0 Å². The summed E-state index contributed by atoms with van der Waals surface area (Å²) in [6.45, 7) is 4.14. The second kappa shape index (κ2) is 7.79. The molecule has 17 heavy (non-hydrogen) atoms. The van der Waals surface area contributed by atoms with Crippen LogP contribution in [-0.2, 0) is 29.3 Å². The Morgan fingerprint density at radius 3 is 2.65 bits per heavy atom. The maximum absolute atomic E-state index is 11.5. The van der Waals surface area contributed by atoms with Crippen LogP contribution in [0.2, 0.25) is 0 Å². The molecule has 0 aromatic carbocycles. The number of hydrogen-bond donors (Lipinski definition) is 0. The maximum Gasteiger partial charge on any atom is 0.339 e. The number of ether oxygens (including phenoxy) is 1. The zero-order valence-corrected chi connectivity index (χ0v) is 11.2. The Morgan fingerprint density at radius 1 is 1.24 bits per heavy atom. The summed E-state index contributed by atoms with van der Waals surface area (Å²) in [5.41, 5.74) is 0. The molecular formula is C11H20O5S. The molecule has 0 bridgehead atoms. The summed E-state index contributed by atoms with van der Waals surface area (Å²) in [4.78, 5) is 11.5. The van der Waals surface area contributed by atoms with Crippen LogP contribution in [0.3, 0.4) is 0 Å². The molecule has 5 nitrogen and oxygen atoms in total. The van der Waals surface area contributed by atoms with Gasteiger partial charge in [-0.3, -0.25) is 8.37 Å². The third-order valence-corrected chi connectivity index (χ3v) is 3.35. The zero-order valence-electron chi connectivity index (χ0n) is 10.3. The summed E-state index contributed by atoms with van der Waals surface area (Å²) >= 11 is -1.82. The van der Waals surface area contributed by atoms with Crippen LogP contribution in [0.4, 0.5) is 0 Å². The average molecular weight is 264 g/mol. The number of unbranched alkanes of at least 4 members (excludes halogenated alkanes) is 3. The van der Waals surface area contributed by atoms with Crippen LogP contribution in [0.15, 0.2) is 0 Å². The van der Waals surface area contributed by atoms with Crippen molar-refractivity contribution in [3.05, 3.63) is 0 Å². The Balaban J connectivity index is 2.39. The fourth-order valence-electron chi connectivity index (χ4n) is 1.71.